The Hall–Kier alpha value is -0.600. The van der Waals surface area contributed by atoms with Crippen LogP contribution in [0, 0.1) is 17.8 Å². The van der Waals surface area contributed by atoms with Gasteiger partial charge in [0, 0.05) is 16.6 Å². The van der Waals surface area contributed by atoms with Gasteiger partial charge in [-0.15, -0.1) is 0 Å². The normalized spacial score (nSPS) is 31.6. The third-order valence-electron chi connectivity index (χ3n) is 4.86. The number of nitrogens with one attached hydrogen (secondary N) is 1. The molecular formula is C17H22BrN. The highest BCUT2D eigenvalue weighted by atomic mass is 79.9. The molecule has 0 heterocycles. The largest absolute Gasteiger partial charge is 0.307 e. The Balaban J connectivity index is 1.65. The zero-order valence-electron chi connectivity index (χ0n) is 11.6. The molecule has 0 spiro atoms. The summed E-state index contributed by atoms with van der Waals surface area (Å²) in [6.07, 6.45) is 7.63. The van der Waals surface area contributed by atoms with Gasteiger partial charge in [-0.2, -0.15) is 0 Å². The van der Waals surface area contributed by atoms with Crippen LogP contribution in [0.4, 0.5) is 0 Å². The van der Waals surface area contributed by atoms with Crippen LogP contribution < -0.4 is 5.32 Å². The third kappa shape index (κ3) is 2.66. The van der Waals surface area contributed by atoms with Gasteiger partial charge in [-0.1, -0.05) is 46.3 Å². The van der Waals surface area contributed by atoms with Gasteiger partial charge >= 0.3 is 0 Å². The number of allylic oxidation sites excluding steroid dienone is 2. The molecule has 5 atom stereocenters. The fraction of sp³-hybridized carbons (Fsp3) is 0.529. The molecule has 0 radical (unpaired) electrons. The first-order chi connectivity index (χ1) is 9.15. The molecule has 2 bridgehead atoms. The summed E-state index contributed by atoms with van der Waals surface area (Å²) in [5.74, 6) is 2.50. The van der Waals surface area contributed by atoms with Crippen molar-refractivity contribution < 1.29 is 0 Å². The summed E-state index contributed by atoms with van der Waals surface area (Å²) in [7, 11) is 0. The molecule has 0 saturated heterocycles. The molecule has 102 valence electrons. The highest BCUT2D eigenvalue weighted by Gasteiger charge is 2.38. The van der Waals surface area contributed by atoms with E-state index in [4.69, 9.17) is 0 Å². The lowest BCUT2D eigenvalue weighted by Crippen LogP contribution is -2.37. The van der Waals surface area contributed by atoms with Crippen LogP contribution in [0.3, 0.4) is 0 Å². The number of hydrogen-bond donors (Lipinski definition) is 1. The molecule has 3 rings (SSSR count). The second kappa shape index (κ2) is 5.41. The number of rotatable bonds is 4. The average Bonchev–Trinajstić information content (AvgIpc) is 3.01. The predicted octanol–water partition coefficient (Wildman–Crippen LogP) is 4.70. The SMILES string of the molecule is CC(NC(C)C1CC2C=CC1C2)c1ccccc1Br. The van der Waals surface area contributed by atoms with Gasteiger partial charge in [0.25, 0.3) is 0 Å². The molecule has 0 amide bonds. The summed E-state index contributed by atoms with van der Waals surface area (Å²) in [6.45, 7) is 4.62. The fourth-order valence-corrected chi connectivity index (χ4v) is 4.46. The van der Waals surface area contributed by atoms with Crippen LogP contribution in [0.25, 0.3) is 0 Å². The van der Waals surface area contributed by atoms with Crippen LogP contribution in [0.15, 0.2) is 40.9 Å². The lowest BCUT2D eigenvalue weighted by molar-refractivity contribution is 0.307. The van der Waals surface area contributed by atoms with E-state index in [1.54, 1.807) is 0 Å². The number of halogens is 1. The Labute approximate surface area is 124 Å². The van der Waals surface area contributed by atoms with Crippen molar-refractivity contribution in [1.82, 2.24) is 5.32 Å². The van der Waals surface area contributed by atoms with Crippen molar-refractivity contribution in [3.63, 3.8) is 0 Å². The highest BCUT2D eigenvalue weighted by molar-refractivity contribution is 9.10. The van der Waals surface area contributed by atoms with Gasteiger partial charge < -0.3 is 5.32 Å². The summed E-state index contributed by atoms with van der Waals surface area (Å²) in [6, 6.07) is 9.50. The van der Waals surface area contributed by atoms with Gasteiger partial charge in [0.05, 0.1) is 0 Å². The van der Waals surface area contributed by atoms with Crippen LogP contribution in [0.5, 0.6) is 0 Å². The average molecular weight is 320 g/mol. The third-order valence-corrected chi connectivity index (χ3v) is 5.58. The van der Waals surface area contributed by atoms with Gasteiger partial charge in [0.15, 0.2) is 0 Å². The van der Waals surface area contributed by atoms with Crippen LogP contribution in [0.1, 0.15) is 38.3 Å². The molecule has 5 unspecified atom stereocenters. The van der Waals surface area contributed by atoms with E-state index < -0.39 is 0 Å². The molecule has 1 aromatic carbocycles. The second-order valence-corrected chi connectivity index (χ2v) is 7.00. The minimum Gasteiger partial charge on any atom is -0.307 e. The molecule has 2 aliphatic rings. The molecule has 1 fully saturated rings. The molecule has 1 saturated carbocycles. The molecule has 1 aromatic rings. The molecule has 0 aromatic heterocycles. The van der Waals surface area contributed by atoms with Gasteiger partial charge in [0.1, 0.15) is 0 Å². The minimum absolute atomic E-state index is 0.397. The molecule has 1 N–H and O–H groups in total. The highest BCUT2D eigenvalue weighted by Crippen LogP contribution is 2.45. The first-order valence-corrected chi connectivity index (χ1v) is 8.13. The van der Waals surface area contributed by atoms with Gasteiger partial charge in [-0.05, 0) is 56.1 Å². The Morgan fingerprint density at radius 2 is 1.95 bits per heavy atom. The first-order valence-electron chi connectivity index (χ1n) is 7.34. The molecule has 19 heavy (non-hydrogen) atoms. The van der Waals surface area contributed by atoms with E-state index in [2.05, 4.69) is 71.5 Å². The van der Waals surface area contributed by atoms with Crippen molar-refractivity contribution in [2.75, 3.05) is 0 Å². The fourth-order valence-electron chi connectivity index (χ4n) is 3.83. The standard InChI is InChI=1S/C17H22BrN/c1-11(15-5-3-4-6-17(15)18)19-12(2)16-10-13-7-8-14(16)9-13/h3-8,11-14,16,19H,9-10H2,1-2H3. The van der Waals surface area contributed by atoms with Gasteiger partial charge in [0.2, 0.25) is 0 Å². The van der Waals surface area contributed by atoms with E-state index in [1.165, 1.54) is 22.9 Å². The Bertz CT molecular complexity index is 482. The van der Waals surface area contributed by atoms with E-state index in [0.29, 0.717) is 12.1 Å². The first kappa shape index (κ1) is 13.4. The number of benzene rings is 1. The number of fused-ring (bicyclic) bond motifs is 2. The topological polar surface area (TPSA) is 12.0 Å². The molecule has 1 nitrogen and oxygen atoms in total. The zero-order chi connectivity index (χ0) is 13.4. The molecule has 2 heteroatoms. The Morgan fingerprint density at radius 3 is 2.58 bits per heavy atom. The van der Waals surface area contributed by atoms with Crippen LogP contribution in [-0.4, -0.2) is 6.04 Å². The van der Waals surface area contributed by atoms with E-state index in [1.807, 2.05) is 0 Å². The minimum atomic E-state index is 0.397. The van der Waals surface area contributed by atoms with E-state index in [0.717, 1.165) is 17.8 Å². The van der Waals surface area contributed by atoms with Crippen molar-refractivity contribution in [2.24, 2.45) is 17.8 Å². The monoisotopic (exact) mass is 319 g/mol. The van der Waals surface area contributed by atoms with E-state index >= 15 is 0 Å². The number of hydrogen-bond acceptors (Lipinski definition) is 1. The maximum absolute atomic E-state index is 3.80. The van der Waals surface area contributed by atoms with Gasteiger partial charge in [-0.25, -0.2) is 0 Å². The lowest BCUT2D eigenvalue weighted by atomic mass is 9.87. The second-order valence-electron chi connectivity index (χ2n) is 6.14. The lowest BCUT2D eigenvalue weighted by Gasteiger charge is -2.29. The maximum atomic E-state index is 3.80. The van der Waals surface area contributed by atoms with Crippen molar-refractivity contribution in [3.05, 3.63) is 46.5 Å². The maximum Gasteiger partial charge on any atom is 0.0305 e. The summed E-state index contributed by atoms with van der Waals surface area (Å²) < 4.78 is 1.20. The van der Waals surface area contributed by atoms with Crippen molar-refractivity contribution in [3.8, 4) is 0 Å². The Morgan fingerprint density at radius 1 is 1.16 bits per heavy atom. The summed E-state index contributed by atoms with van der Waals surface area (Å²) >= 11 is 3.65. The zero-order valence-corrected chi connectivity index (χ0v) is 13.2. The summed E-state index contributed by atoms with van der Waals surface area (Å²) in [5, 5.41) is 3.80. The van der Waals surface area contributed by atoms with Crippen LogP contribution in [0.2, 0.25) is 0 Å². The van der Waals surface area contributed by atoms with Crippen LogP contribution >= 0.6 is 15.9 Å². The quantitative estimate of drug-likeness (QED) is 0.793. The van der Waals surface area contributed by atoms with Crippen molar-refractivity contribution in [1.29, 1.82) is 0 Å². The van der Waals surface area contributed by atoms with Crippen molar-refractivity contribution >= 4 is 15.9 Å². The van der Waals surface area contributed by atoms with Crippen molar-refractivity contribution in [2.45, 2.75) is 38.8 Å². The molecule has 0 aliphatic heterocycles. The summed E-state index contributed by atoms with van der Waals surface area (Å²) in [4.78, 5) is 0. The Kier molecular flexibility index (Phi) is 3.81. The van der Waals surface area contributed by atoms with E-state index in [9.17, 15) is 0 Å². The smallest absolute Gasteiger partial charge is 0.0305 e. The molecule has 2 aliphatic carbocycles. The predicted molar refractivity (Wildman–Crippen MR) is 84.0 cm³/mol. The molecular weight excluding hydrogens is 298 g/mol. The van der Waals surface area contributed by atoms with E-state index in [-0.39, 0.29) is 0 Å². The van der Waals surface area contributed by atoms with Gasteiger partial charge in [-0.3, -0.25) is 0 Å². The summed E-state index contributed by atoms with van der Waals surface area (Å²) in [5.41, 5.74) is 1.35. The van der Waals surface area contributed by atoms with Crippen LogP contribution in [-0.2, 0) is 0 Å².